The van der Waals surface area contributed by atoms with Crippen molar-refractivity contribution in [3.8, 4) is 0 Å². The topological polar surface area (TPSA) is 12.0 Å². The van der Waals surface area contributed by atoms with Gasteiger partial charge in [0.2, 0.25) is 0 Å². The zero-order chi connectivity index (χ0) is 17.9. The number of aryl methyl sites for hydroxylation is 1. The fourth-order valence-electron chi connectivity index (χ4n) is 3.47. The second kappa shape index (κ2) is 7.05. The molecule has 0 radical (unpaired) electrons. The van der Waals surface area contributed by atoms with Crippen molar-refractivity contribution in [2.45, 2.75) is 19.8 Å². The van der Waals surface area contributed by atoms with Crippen LogP contribution in [0, 0.1) is 6.92 Å². The Bertz CT molecular complexity index is 1010. The maximum Gasteiger partial charge on any atom is 0.0384 e. The van der Waals surface area contributed by atoms with E-state index in [4.69, 9.17) is 0 Å². The minimum Gasteiger partial charge on any atom is -0.356 e. The third-order valence-electron chi connectivity index (χ3n) is 5.04. The molecule has 0 fully saturated rings. The molecule has 0 spiro atoms. The first-order valence-electron chi connectivity index (χ1n) is 9.12. The molecule has 0 bridgehead atoms. The van der Waals surface area contributed by atoms with E-state index in [1.165, 1.54) is 27.5 Å². The third-order valence-corrected chi connectivity index (χ3v) is 5.04. The first kappa shape index (κ1) is 16.4. The summed E-state index contributed by atoms with van der Waals surface area (Å²) in [4.78, 5) is 0. The highest BCUT2D eigenvalue weighted by Gasteiger charge is 2.11. The summed E-state index contributed by atoms with van der Waals surface area (Å²) in [7, 11) is 0. The van der Waals surface area contributed by atoms with Crippen molar-refractivity contribution in [2.24, 2.45) is 0 Å². The Balaban J connectivity index is 1.58. The van der Waals surface area contributed by atoms with Crippen LogP contribution in [0.3, 0.4) is 0 Å². The molecular formula is C25H23N. The van der Waals surface area contributed by atoms with E-state index < -0.39 is 0 Å². The van der Waals surface area contributed by atoms with Crippen LogP contribution in [0.25, 0.3) is 10.8 Å². The summed E-state index contributed by atoms with van der Waals surface area (Å²) in [5.74, 6) is 0.356. The average molecular weight is 337 g/mol. The molecule has 1 N–H and O–H groups in total. The van der Waals surface area contributed by atoms with Crippen molar-refractivity contribution in [3.05, 3.63) is 108 Å². The Morgan fingerprint density at radius 2 is 1.27 bits per heavy atom. The molecule has 0 aliphatic heterocycles. The Morgan fingerprint density at radius 3 is 2.00 bits per heavy atom. The van der Waals surface area contributed by atoms with Gasteiger partial charge in [0.15, 0.2) is 0 Å². The van der Waals surface area contributed by atoms with E-state index >= 15 is 0 Å². The summed E-state index contributed by atoms with van der Waals surface area (Å²) in [6.07, 6.45) is 0. The normalized spacial score (nSPS) is 12.1. The predicted octanol–water partition coefficient (Wildman–Crippen LogP) is 7.04. The van der Waals surface area contributed by atoms with E-state index in [1.54, 1.807) is 0 Å². The molecule has 4 aromatic rings. The highest BCUT2D eigenvalue weighted by molar-refractivity contribution is 5.86. The number of benzene rings is 4. The number of hydrogen-bond acceptors (Lipinski definition) is 1. The number of rotatable bonds is 4. The lowest BCUT2D eigenvalue weighted by molar-refractivity contribution is 0.933. The highest BCUT2D eigenvalue weighted by atomic mass is 14.9. The lowest BCUT2D eigenvalue weighted by atomic mass is 9.89. The molecule has 0 saturated carbocycles. The molecule has 128 valence electrons. The fraction of sp³-hybridized carbons (Fsp3) is 0.120. The van der Waals surface area contributed by atoms with Gasteiger partial charge in [-0.2, -0.15) is 0 Å². The molecule has 4 rings (SSSR count). The Kier molecular flexibility index (Phi) is 4.45. The van der Waals surface area contributed by atoms with Crippen molar-refractivity contribution < 1.29 is 0 Å². The lowest BCUT2D eigenvalue weighted by Crippen LogP contribution is -1.98. The number of fused-ring (bicyclic) bond motifs is 1. The van der Waals surface area contributed by atoms with Gasteiger partial charge < -0.3 is 5.32 Å². The maximum absolute atomic E-state index is 3.47. The standard InChI is InChI=1S/C25H23N/c1-18-10-14-22(15-11-18)26-23-16-12-20(13-17-23)19(2)24-9-5-7-21-6-3-4-8-25(21)24/h3-17,19,26H,1-2H3. The first-order chi connectivity index (χ1) is 12.7. The van der Waals surface area contributed by atoms with Gasteiger partial charge in [0, 0.05) is 17.3 Å². The van der Waals surface area contributed by atoms with E-state index in [1.807, 2.05) is 0 Å². The van der Waals surface area contributed by atoms with Gasteiger partial charge in [0.05, 0.1) is 0 Å². The molecule has 26 heavy (non-hydrogen) atoms. The van der Waals surface area contributed by atoms with E-state index in [2.05, 4.69) is 110 Å². The summed E-state index contributed by atoms with van der Waals surface area (Å²) in [5, 5.41) is 6.10. The maximum atomic E-state index is 3.47. The van der Waals surface area contributed by atoms with Gasteiger partial charge in [-0.05, 0) is 53.1 Å². The zero-order valence-electron chi connectivity index (χ0n) is 15.2. The van der Waals surface area contributed by atoms with E-state index in [0.717, 1.165) is 11.4 Å². The van der Waals surface area contributed by atoms with Crippen LogP contribution in [-0.2, 0) is 0 Å². The molecule has 0 aromatic heterocycles. The third kappa shape index (κ3) is 3.34. The van der Waals surface area contributed by atoms with Crippen molar-refractivity contribution in [1.29, 1.82) is 0 Å². The van der Waals surface area contributed by atoms with Crippen molar-refractivity contribution in [1.82, 2.24) is 0 Å². The minimum atomic E-state index is 0.356. The van der Waals surface area contributed by atoms with Crippen LogP contribution in [-0.4, -0.2) is 0 Å². The lowest BCUT2D eigenvalue weighted by Gasteiger charge is -2.16. The Hall–Kier alpha value is -3.06. The van der Waals surface area contributed by atoms with Gasteiger partial charge in [-0.3, -0.25) is 0 Å². The van der Waals surface area contributed by atoms with Crippen LogP contribution in [0.1, 0.15) is 29.5 Å². The summed E-state index contributed by atoms with van der Waals surface area (Å²) in [5.41, 5.74) is 6.21. The van der Waals surface area contributed by atoms with Crippen molar-refractivity contribution >= 4 is 22.1 Å². The SMILES string of the molecule is Cc1ccc(Nc2ccc(C(C)c3cccc4ccccc34)cc2)cc1. The van der Waals surface area contributed by atoms with Crippen LogP contribution in [0.2, 0.25) is 0 Å². The molecule has 4 aromatic carbocycles. The average Bonchev–Trinajstić information content (AvgIpc) is 2.69. The molecule has 1 atom stereocenters. The van der Waals surface area contributed by atoms with Crippen LogP contribution < -0.4 is 5.32 Å². The Labute approximate surface area is 155 Å². The molecule has 0 aliphatic carbocycles. The molecule has 1 heteroatoms. The monoisotopic (exact) mass is 337 g/mol. The second-order valence-corrected chi connectivity index (χ2v) is 6.90. The van der Waals surface area contributed by atoms with Gasteiger partial charge in [0.25, 0.3) is 0 Å². The van der Waals surface area contributed by atoms with Crippen LogP contribution in [0.5, 0.6) is 0 Å². The van der Waals surface area contributed by atoms with E-state index in [9.17, 15) is 0 Å². The number of nitrogens with one attached hydrogen (secondary N) is 1. The van der Waals surface area contributed by atoms with Gasteiger partial charge in [-0.15, -0.1) is 0 Å². The van der Waals surface area contributed by atoms with E-state index in [-0.39, 0.29) is 0 Å². The number of anilines is 2. The summed E-state index contributed by atoms with van der Waals surface area (Å²) in [6.45, 7) is 4.39. The van der Waals surface area contributed by atoms with Crippen molar-refractivity contribution in [2.75, 3.05) is 5.32 Å². The first-order valence-corrected chi connectivity index (χ1v) is 9.12. The van der Waals surface area contributed by atoms with Gasteiger partial charge in [-0.1, -0.05) is 79.2 Å². The Morgan fingerprint density at radius 1 is 0.654 bits per heavy atom. The van der Waals surface area contributed by atoms with Crippen molar-refractivity contribution in [3.63, 3.8) is 0 Å². The van der Waals surface area contributed by atoms with Gasteiger partial charge in [0.1, 0.15) is 0 Å². The van der Waals surface area contributed by atoms with E-state index in [0.29, 0.717) is 5.92 Å². The molecule has 0 saturated heterocycles. The van der Waals surface area contributed by atoms with Gasteiger partial charge in [-0.25, -0.2) is 0 Å². The summed E-state index contributed by atoms with van der Waals surface area (Å²) in [6, 6.07) is 32.4. The summed E-state index contributed by atoms with van der Waals surface area (Å²) < 4.78 is 0. The van der Waals surface area contributed by atoms with Crippen LogP contribution in [0.4, 0.5) is 11.4 Å². The zero-order valence-corrected chi connectivity index (χ0v) is 15.2. The number of hydrogen-bond donors (Lipinski definition) is 1. The fourth-order valence-corrected chi connectivity index (χ4v) is 3.47. The van der Waals surface area contributed by atoms with Crippen LogP contribution in [0.15, 0.2) is 91.0 Å². The quantitative estimate of drug-likeness (QED) is 0.421. The largest absolute Gasteiger partial charge is 0.356 e. The molecule has 0 amide bonds. The predicted molar refractivity (Wildman–Crippen MR) is 112 cm³/mol. The summed E-state index contributed by atoms with van der Waals surface area (Å²) >= 11 is 0. The smallest absolute Gasteiger partial charge is 0.0384 e. The van der Waals surface area contributed by atoms with Gasteiger partial charge >= 0.3 is 0 Å². The molecular weight excluding hydrogens is 314 g/mol. The molecule has 0 heterocycles. The molecule has 1 unspecified atom stereocenters. The molecule has 1 nitrogen and oxygen atoms in total. The second-order valence-electron chi connectivity index (χ2n) is 6.90. The van der Waals surface area contributed by atoms with Crippen LogP contribution >= 0.6 is 0 Å². The molecule has 0 aliphatic rings. The highest BCUT2D eigenvalue weighted by Crippen LogP contribution is 2.31. The minimum absolute atomic E-state index is 0.356.